The average Bonchev–Trinajstić information content (AvgIpc) is 3.28. The number of imidazole rings is 1. The van der Waals surface area contributed by atoms with E-state index in [1.54, 1.807) is 40.2 Å². The van der Waals surface area contributed by atoms with Crippen LogP contribution in [0.15, 0.2) is 61.3 Å². The molecule has 3 aromatic rings. The number of anilines is 1. The molecule has 0 saturated carbocycles. The normalized spacial score (nSPS) is 14.1. The number of nitro benzene ring substituents is 1. The van der Waals surface area contributed by atoms with E-state index in [0.29, 0.717) is 37.4 Å². The molecule has 0 atom stereocenters. The molecule has 0 bridgehead atoms. The van der Waals surface area contributed by atoms with Crippen LogP contribution in [0.2, 0.25) is 0 Å². The minimum Gasteiger partial charge on any atom is -0.353 e. The van der Waals surface area contributed by atoms with Gasteiger partial charge in [0, 0.05) is 56.4 Å². The summed E-state index contributed by atoms with van der Waals surface area (Å²) in [5.74, 6) is 0.677. The third-order valence-electron chi connectivity index (χ3n) is 4.74. The summed E-state index contributed by atoms with van der Waals surface area (Å²) < 4.78 is 1.55. The smallest absolute Gasteiger partial charge is 0.294 e. The first-order chi connectivity index (χ1) is 13.6. The maximum absolute atomic E-state index is 12.9. The van der Waals surface area contributed by atoms with Crippen molar-refractivity contribution in [3.05, 3.63) is 77.0 Å². The molecular formula is C19H18N6O3. The Kier molecular flexibility index (Phi) is 4.71. The number of piperazine rings is 1. The highest BCUT2D eigenvalue weighted by Crippen LogP contribution is 2.25. The number of hydrogen-bond donors (Lipinski definition) is 0. The van der Waals surface area contributed by atoms with Gasteiger partial charge in [0.05, 0.1) is 11.3 Å². The molecule has 1 amide bonds. The van der Waals surface area contributed by atoms with E-state index in [2.05, 4.69) is 14.9 Å². The van der Waals surface area contributed by atoms with Gasteiger partial charge in [0.15, 0.2) is 0 Å². The van der Waals surface area contributed by atoms with Crippen LogP contribution in [-0.2, 0) is 0 Å². The van der Waals surface area contributed by atoms with Crippen molar-refractivity contribution in [3.8, 4) is 5.69 Å². The summed E-state index contributed by atoms with van der Waals surface area (Å²) in [7, 11) is 0. The number of carbonyl (C=O) groups excluding carboxylic acids is 1. The summed E-state index contributed by atoms with van der Waals surface area (Å²) in [6.07, 6.45) is 6.40. The van der Waals surface area contributed by atoms with E-state index in [-0.39, 0.29) is 11.6 Å². The Bertz CT molecular complexity index is 982. The largest absolute Gasteiger partial charge is 0.353 e. The first-order valence-electron chi connectivity index (χ1n) is 8.85. The highest BCUT2D eigenvalue weighted by molar-refractivity contribution is 5.95. The lowest BCUT2D eigenvalue weighted by Crippen LogP contribution is -2.49. The second kappa shape index (κ2) is 7.47. The molecule has 1 fully saturated rings. The minimum absolute atomic E-state index is 0.129. The van der Waals surface area contributed by atoms with Gasteiger partial charge in [0.25, 0.3) is 11.6 Å². The van der Waals surface area contributed by atoms with E-state index in [1.165, 1.54) is 12.4 Å². The lowest BCUT2D eigenvalue weighted by Gasteiger charge is -2.35. The lowest BCUT2D eigenvalue weighted by atomic mass is 10.1. The van der Waals surface area contributed by atoms with Crippen LogP contribution in [0, 0.1) is 10.1 Å². The standard InChI is InChI=1S/C19H18N6O3/c26-19(23-11-9-22(10-12-23)18-3-1-2-6-21-18)15-4-5-16(17(13-15)25(27)28)24-8-7-20-14-24/h1-8,13-14H,9-12H2. The number of pyridine rings is 1. The van der Waals surface area contributed by atoms with E-state index in [4.69, 9.17) is 0 Å². The molecule has 0 aliphatic carbocycles. The first-order valence-corrected chi connectivity index (χ1v) is 8.85. The zero-order valence-corrected chi connectivity index (χ0v) is 15.0. The molecule has 1 aliphatic heterocycles. The van der Waals surface area contributed by atoms with Crippen molar-refractivity contribution >= 4 is 17.4 Å². The summed E-state index contributed by atoms with van der Waals surface area (Å²) in [5.41, 5.74) is 0.553. The molecule has 142 valence electrons. The molecular weight excluding hydrogens is 360 g/mol. The molecule has 4 rings (SSSR count). The average molecular weight is 378 g/mol. The number of hydrogen-bond acceptors (Lipinski definition) is 6. The van der Waals surface area contributed by atoms with E-state index in [0.717, 1.165) is 5.82 Å². The van der Waals surface area contributed by atoms with Crippen LogP contribution in [0.25, 0.3) is 5.69 Å². The van der Waals surface area contributed by atoms with Gasteiger partial charge in [-0.3, -0.25) is 14.9 Å². The van der Waals surface area contributed by atoms with E-state index in [9.17, 15) is 14.9 Å². The first kappa shape index (κ1) is 17.7. The van der Waals surface area contributed by atoms with Crippen LogP contribution >= 0.6 is 0 Å². The van der Waals surface area contributed by atoms with E-state index in [1.807, 2.05) is 18.2 Å². The molecule has 3 heterocycles. The quantitative estimate of drug-likeness (QED) is 0.510. The third kappa shape index (κ3) is 3.41. The summed E-state index contributed by atoms with van der Waals surface area (Å²) in [6, 6.07) is 10.3. The summed E-state index contributed by atoms with van der Waals surface area (Å²) in [5, 5.41) is 11.5. The molecule has 0 radical (unpaired) electrons. The molecule has 0 unspecified atom stereocenters. The van der Waals surface area contributed by atoms with Crippen LogP contribution in [0.1, 0.15) is 10.4 Å². The van der Waals surface area contributed by atoms with Crippen LogP contribution < -0.4 is 4.90 Å². The maximum Gasteiger partial charge on any atom is 0.294 e. The number of nitrogens with zero attached hydrogens (tertiary/aromatic N) is 6. The Labute approximate surface area is 161 Å². The van der Waals surface area contributed by atoms with Gasteiger partial charge in [0.2, 0.25) is 0 Å². The Hall–Kier alpha value is -3.75. The van der Waals surface area contributed by atoms with Crippen molar-refractivity contribution in [1.82, 2.24) is 19.4 Å². The number of carbonyl (C=O) groups is 1. The maximum atomic E-state index is 12.9. The fourth-order valence-corrected chi connectivity index (χ4v) is 3.28. The Morgan fingerprint density at radius 1 is 1.07 bits per heavy atom. The van der Waals surface area contributed by atoms with Gasteiger partial charge in [-0.15, -0.1) is 0 Å². The van der Waals surface area contributed by atoms with Crippen molar-refractivity contribution in [2.75, 3.05) is 31.1 Å². The monoisotopic (exact) mass is 378 g/mol. The van der Waals surface area contributed by atoms with Crippen LogP contribution in [-0.4, -0.2) is 56.4 Å². The fraction of sp³-hybridized carbons (Fsp3) is 0.211. The molecule has 1 saturated heterocycles. The second-order valence-electron chi connectivity index (χ2n) is 6.40. The molecule has 9 nitrogen and oxygen atoms in total. The van der Waals surface area contributed by atoms with Gasteiger partial charge in [0.1, 0.15) is 11.5 Å². The van der Waals surface area contributed by atoms with Crippen molar-refractivity contribution in [1.29, 1.82) is 0 Å². The van der Waals surface area contributed by atoms with Crippen LogP contribution in [0.3, 0.4) is 0 Å². The number of benzene rings is 1. The predicted octanol–water partition coefficient (Wildman–Crippen LogP) is 2.14. The third-order valence-corrected chi connectivity index (χ3v) is 4.74. The van der Waals surface area contributed by atoms with Gasteiger partial charge < -0.3 is 14.4 Å². The molecule has 1 aromatic carbocycles. The second-order valence-corrected chi connectivity index (χ2v) is 6.40. The van der Waals surface area contributed by atoms with Crippen molar-refractivity contribution in [3.63, 3.8) is 0 Å². The predicted molar refractivity (Wildman–Crippen MR) is 103 cm³/mol. The summed E-state index contributed by atoms with van der Waals surface area (Å²) in [6.45, 7) is 2.40. The van der Waals surface area contributed by atoms with Crippen molar-refractivity contribution < 1.29 is 9.72 Å². The fourth-order valence-electron chi connectivity index (χ4n) is 3.28. The highest BCUT2D eigenvalue weighted by Gasteiger charge is 2.25. The Morgan fingerprint density at radius 3 is 2.54 bits per heavy atom. The lowest BCUT2D eigenvalue weighted by molar-refractivity contribution is -0.384. The zero-order chi connectivity index (χ0) is 19.5. The van der Waals surface area contributed by atoms with E-state index >= 15 is 0 Å². The van der Waals surface area contributed by atoms with Crippen LogP contribution in [0.4, 0.5) is 11.5 Å². The number of rotatable bonds is 4. The molecule has 2 aromatic heterocycles. The van der Waals surface area contributed by atoms with Gasteiger partial charge >= 0.3 is 0 Å². The number of nitro groups is 1. The SMILES string of the molecule is O=C(c1ccc(-n2ccnc2)c([N+](=O)[O-])c1)N1CCN(c2ccccn2)CC1. The molecule has 0 N–H and O–H groups in total. The van der Waals surface area contributed by atoms with Crippen molar-refractivity contribution in [2.24, 2.45) is 0 Å². The molecule has 28 heavy (non-hydrogen) atoms. The molecule has 0 spiro atoms. The summed E-state index contributed by atoms with van der Waals surface area (Å²) >= 11 is 0. The minimum atomic E-state index is -0.481. The van der Waals surface area contributed by atoms with Crippen molar-refractivity contribution in [2.45, 2.75) is 0 Å². The summed E-state index contributed by atoms with van der Waals surface area (Å²) in [4.78, 5) is 36.0. The zero-order valence-electron chi connectivity index (χ0n) is 15.0. The van der Waals surface area contributed by atoms with Gasteiger partial charge in [-0.2, -0.15) is 0 Å². The molecule has 1 aliphatic rings. The van der Waals surface area contributed by atoms with Crippen LogP contribution in [0.5, 0.6) is 0 Å². The number of aromatic nitrogens is 3. The molecule has 9 heteroatoms. The Balaban J connectivity index is 1.51. The highest BCUT2D eigenvalue weighted by atomic mass is 16.6. The Morgan fingerprint density at radius 2 is 1.89 bits per heavy atom. The van der Waals surface area contributed by atoms with E-state index < -0.39 is 4.92 Å². The van der Waals surface area contributed by atoms with Gasteiger partial charge in [-0.25, -0.2) is 9.97 Å². The van der Waals surface area contributed by atoms with Gasteiger partial charge in [-0.05, 0) is 24.3 Å². The topological polar surface area (TPSA) is 97.4 Å². The van der Waals surface area contributed by atoms with Gasteiger partial charge in [-0.1, -0.05) is 6.07 Å². The number of amides is 1.